The lowest BCUT2D eigenvalue weighted by atomic mass is 10.2. The molecular weight excluding hydrogens is 448 g/mol. The van der Waals surface area contributed by atoms with Crippen molar-refractivity contribution in [1.82, 2.24) is 14.1 Å². The van der Waals surface area contributed by atoms with Crippen LogP contribution in [0.3, 0.4) is 0 Å². The highest BCUT2D eigenvalue weighted by Crippen LogP contribution is 2.29. The minimum atomic E-state index is -3.56. The average Bonchev–Trinajstić information content (AvgIpc) is 3.18. The second-order valence-electron chi connectivity index (χ2n) is 7.49. The van der Waals surface area contributed by atoms with E-state index in [1.54, 1.807) is 37.0 Å². The number of nitrogens with one attached hydrogen (secondary N) is 1. The van der Waals surface area contributed by atoms with Gasteiger partial charge in [-0.1, -0.05) is 0 Å². The van der Waals surface area contributed by atoms with Crippen molar-refractivity contribution in [1.29, 1.82) is 0 Å². The van der Waals surface area contributed by atoms with Crippen LogP contribution >= 0.6 is 0 Å². The summed E-state index contributed by atoms with van der Waals surface area (Å²) in [5.74, 6) is 0.959. The number of benzene rings is 2. The first-order valence-corrected chi connectivity index (χ1v) is 11.5. The molecule has 0 fully saturated rings. The molecule has 1 amide bonds. The topological polar surface area (TPSA) is 123 Å². The molecule has 176 valence electrons. The molecule has 1 unspecified atom stereocenters. The number of aliphatic hydroxyl groups excluding tert-OH is 1. The molecule has 2 aromatic carbocycles. The van der Waals surface area contributed by atoms with Gasteiger partial charge in [-0.25, -0.2) is 12.7 Å². The third kappa shape index (κ3) is 6.09. The standard InChI is InChI=1S/C22H26N4O6S/c1-15(14-27)31-18-11-16(22(28)23-21-9-10-26(4)24-21)12-19(13-18)32-17-5-7-20(8-6-17)33(29,30)25(2)3/h5-13,15,27H,14H2,1-4H3,(H,23,24,28). The molecule has 3 rings (SSSR count). The van der Waals surface area contributed by atoms with Crippen LogP contribution in [0.2, 0.25) is 0 Å². The number of aromatic nitrogens is 2. The summed E-state index contributed by atoms with van der Waals surface area (Å²) in [7, 11) is 1.08. The van der Waals surface area contributed by atoms with E-state index in [0.717, 1.165) is 4.31 Å². The van der Waals surface area contributed by atoms with Crippen LogP contribution in [0.5, 0.6) is 17.2 Å². The highest BCUT2D eigenvalue weighted by atomic mass is 32.2. The Morgan fingerprint density at radius 1 is 1.12 bits per heavy atom. The van der Waals surface area contributed by atoms with Gasteiger partial charge >= 0.3 is 0 Å². The molecular formula is C22H26N4O6S. The van der Waals surface area contributed by atoms with Crippen molar-refractivity contribution in [2.45, 2.75) is 17.9 Å². The van der Waals surface area contributed by atoms with Gasteiger partial charge in [-0.2, -0.15) is 5.10 Å². The Hall–Kier alpha value is -3.41. The molecule has 2 N–H and O–H groups in total. The SMILES string of the molecule is CC(CO)Oc1cc(Oc2ccc(S(=O)(=O)N(C)C)cc2)cc(C(=O)Nc2ccn(C)n2)c1. The number of aliphatic hydroxyl groups is 1. The Morgan fingerprint density at radius 3 is 2.36 bits per heavy atom. The Kier molecular flexibility index (Phi) is 7.36. The van der Waals surface area contributed by atoms with Crippen molar-refractivity contribution in [2.75, 3.05) is 26.0 Å². The fourth-order valence-corrected chi connectivity index (χ4v) is 3.70. The van der Waals surface area contributed by atoms with E-state index < -0.39 is 22.0 Å². The molecule has 11 heteroatoms. The summed E-state index contributed by atoms with van der Waals surface area (Å²) in [5, 5.41) is 16.1. The predicted molar refractivity (Wildman–Crippen MR) is 122 cm³/mol. The van der Waals surface area contributed by atoms with Crippen LogP contribution in [0.1, 0.15) is 17.3 Å². The molecule has 0 radical (unpaired) electrons. The molecule has 0 aliphatic heterocycles. The summed E-state index contributed by atoms with van der Waals surface area (Å²) >= 11 is 0. The zero-order valence-corrected chi connectivity index (χ0v) is 19.5. The molecule has 0 bridgehead atoms. The van der Waals surface area contributed by atoms with E-state index >= 15 is 0 Å². The summed E-state index contributed by atoms with van der Waals surface area (Å²) in [4.78, 5) is 12.9. The van der Waals surface area contributed by atoms with Crippen LogP contribution in [0.25, 0.3) is 0 Å². The lowest BCUT2D eigenvalue weighted by Crippen LogP contribution is -2.22. The van der Waals surface area contributed by atoms with Gasteiger partial charge in [-0.15, -0.1) is 0 Å². The van der Waals surface area contributed by atoms with E-state index in [0.29, 0.717) is 23.1 Å². The molecule has 33 heavy (non-hydrogen) atoms. The minimum Gasteiger partial charge on any atom is -0.488 e. The van der Waals surface area contributed by atoms with Crippen LogP contribution in [0.15, 0.2) is 59.6 Å². The summed E-state index contributed by atoms with van der Waals surface area (Å²) in [6, 6.07) is 12.2. The van der Waals surface area contributed by atoms with Crippen molar-refractivity contribution in [3.63, 3.8) is 0 Å². The van der Waals surface area contributed by atoms with E-state index in [4.69, 9.17) is 9.47 Å². The first-order valence-electron chi connectivity index (χ1n) is 10.0. The zero-order chi connectivity index (χ0) is 24.2. The highest BCUT2D eigenvalue weighted by molar-refractivity contribution is 7.89. The average molecular weight is 475 g/mol. The maximum Gasteiger partial charge on any atom is 0.257 e. The first kappa shape index (κ1) is 24.2. The molecule has 0 saturated heterocycles. The summed E-state index contributed by atoms with van der Waals surface area (Å²) in [6.07, 6.45) is 1.20. The molecule has 0 saturated carbocycles. The second kappa shape index (κ2) is 10.0. The molecule has 1 heterocycles. The number of hydrogen-bond donors (Lipinski definition) is 2. The van der Waals surface area contributed by atoms with Crippen molar-refractivity contribution in [3.8, 4) is 17.2 Å². The van der Waals surface area contributed by atoms with E-state index in [1.807, 2.05) is 0 Å². The molecule has 1 atom stereocenters. The molecule has 0 aliphatic rings. The Morgan fingerprint density at radius 2 is 1.79 bits per heavy atom. The van der Waals surface area contributed by atoms with Crippen LogP contribution in [0.4, 0.5) is 5.82 Å². The maximum absolute atomic E-state index is 12.8. The van der Waals surface area contributed by atoms with Crippen molar-refractivity contribution >= 4 is 21.7 Å². The molecule has 0 aliphatic carbocycles. The minimum absolute atomic E-state index is 0.129. The number of rotatable bonds is 9. The van der Waals surface area contributed by atoms with E-state index in [9.17, 15) is 18.3 Å². The third-order valence-electron chi connectivity index (χ3n) is 4.53. The summed E-state index contributed by atoms with van der Waals surface area (Å²) in [6.45, 7) is 1.48. The molecule has 0 spiro atoms. The van der Waals surface area contributed by atoms with Crippen LogP contribution in [-0.2, 0) is 17.1 Å². The number of anilines is 1. The Balaban J connectivity index is 1.87. The van der Waals surface area contributed by atoms with Gasteiger partial charge in [0, 0.05) is 45.0 Å². The van der Waals surface area contributed by atoms with Gasteiger partial charge in [-0.3, -0.25) is 9.48 Å². The normalized spacial score (nSPS) is 12.4. The molecule has 1 aromatic heterocycles. The fourth-order valence-electron chi connectivity index (χ4n) is 2.80. The van der Waals surface area contributed by atoms with Gasteiger partial charge in [0.05, 0.1) is 11.5 Å². The first-order chi connectivity index (χ1) is 15.6. The Bertz CT molecular complexity index is 1220. The zero-order valence-electron chi connectivity index (χ0n) is 18.7. The maximum atomic E-state index is 12.8. The van der Waals surface area contributed by atoms with E-state index in [2.05, 4.69) is 10.4 Å². The number of nitrogens with zero attached hydrogens (tertiary/aromatic N) is 3. The third-order valence-corrected chi connectivity index (χ3v) is 6.36. The number of carbonyl (C=O) groups excluding carboxylic acids is 1. The van der Waals surface area contributed by atoms with E-state index in [1.165, 1.54) is 50.5 Å². The number of aryl methyl sites for hydroxylation is 1. The number of ether oxygens (including phenoxy) is 2. The van der Waals surface area contributed by atoms with E-state index in [-0.39, 0.29) is 17.1 Å². The number of hydrogen-bond acceptors (Lipinski definition) is 7. The van der Waals surface area contributed by atoms with Crippen LogP contribution in [0, 0.1) is 0 Å². The van der Waals surface area contributed by atoms with Crippen molar-refractivity contribution < 1.29 is 27.8 Å². The van der Waals surface area contributed by atoms with Gasteiger partial charge < -0.3 is 19.9 Å². The van der Waals surface area contributed by atoms with Crippen molar-refractivity contribution in [2.24, 2.45) is 7.05 Å². The number of amides is 1. The van der Waals surface area contributed by atoms with Gasteiger partial charge in [-0.05, 0) is 43.3 Å². The molecule has 10 nitrogen and oxygen atoms in total. The van der Waals surface area contributed by atoms with Crippen LogP contribution in [-0.4, -0.2) is 60.3 Å². The van der Waals surface area contributed by atoms with Gasteiger partial charge in [0.1, 0.15) is 23.4 Å². The highest BCUT2D eigenvalue weighted by Gasteiger charge is 2.17. The second-order valence-corrected chi connectivity index (χ2v) is 9.65. The summed E-state index contributed by atoms with van der Waals surface area (Å²) in [5.41, 5.74) is 0.255. The lowest BCUT2D eigenvalue weighted by Gasteiger charge is -2.15. The molecule has 3 aromatic rings. The Labute approximate surface area is 192 Å². The number of sulfonamides is 1. The lowest BCUT2D eigenvalue weighted by molar-refractivity contribution is 0.102. The quantitative estimate of drug-likeness (QED) is 0.488. The van der Waals surface area contributed by atoms with Crippen molar-refractivity contribution in [3.05, 3.63) is 60.3 Å². The smallest absolute Gasteiger partial charge is 0.257 e. The largest absolute Gasteiger partial charge is 0.488 e. The van der Waals surface area contributed by atoms with Gasteiger partial charge in [0.2, 0.25) is 10.0 Å². The predicted octanol–water partition coefficient (Wildman–Crippen LogP) is 2.47. The number of carbonyl (C=O) groups is 1. The van der Waals surface area contributed by atoms with Crippen LogP contribution < -0.4 is 14.8 Å². The fraction of sp³-hybridized carbons (Fsp3) is 0.273. The summed E-state index contributed by atoms with van der Waals surface area (Å²) < 4.78 is 38.7. The monoisotopic (exact) mass is 474 g/mol. The van der Waals surface area contributed by atoms with Gasteiger partial charge in [0.25, 0.3) is 5.91 Å². The van der Waals surface area contributed by atoms with Gasteiger partial charge in [0.15, 0.2) is 5.82 Å².